The number of carbonyl (C=O) groups excluding carboxylic acids is 1. The molecule has 1 aromatic heterocycles. The van der Waals surface area contributed by atoms with Crippen molar-refractivity contribution in [1.29, 1.82) is 0 Å². The van der Waals surface area contributed by atoms with Crippen molar-refractivity contribution >= 4 is 5.91 Å². The minimum atomic E-state index is -0.321. The predicted molar refractivity (Wildman–Crippen MR) is 120 cm³/mol. The molecule has 3 aromatic rings. The van der Waals surface area contributed by atoms with E-state index in [2.05, 4.69) is 29.2 Å². The summed E-state index contributed by atoms with van der Waals surface area (Å²) in [6.07, 6.45) is 6.41. The van der Waals surface area contributed by atoms with Crippen LogP contribution in [0, 0.1) is 11.7 Å². The minimum absolute atomic E-state index is 0.0150. The normalized spacial score (nSPS) is 14.2. The second-order valence-electron chi connectivity index (χ2n) is 8.06. The van der Waals surface area contributed by atoms with Crippen molar-refractivity contribution in [3.63, 3.8) is 0 Å². The monoisotopic (exact) mass is 434 g/mol. The van der Waals surface area contributed by atoms with E-state index in [4.69, 9.17) is 9.47 Å². The van der Waals surface area contributed by atoms with Crippen LogP contribution in [-0.2, 0) is 17.8 Å². The molecule has 5 nitrogen and oxygen atoms in total. The number of aromatic nitrogens is 1. The zero-order chi connectivity index (χ0) is 22.2. The summed E-state index contributed by atoms with van der Waals surface area (Å²) in [5.41, 5.74) is 2.43. The highest BCUT2D eigenvalue weighted by molar-refractivity contribution is 5.77. The Hall–Kier alpha value is -3.41. The highest BCUT2D eigenvalue weighted by atomic mass is 19.1. The highest BCUT2D eigenvalue weighted by Crippen LogP contribution is 2.22. The molecule has 1 amide bonds. The first kappa shape index (κ1) is 21.8. The topological polar surface area (TPSA) is 51.7 Å². The van der Waals surface area contributed by atoms with Gasteiger partial charge in [0.1, 0.15) is 23.9 Å². The number of ether oxygens (including phenoxy) is 2. The van der Waals surface area contributed by atoms with Crippen molar-refractivity contribution in [2.75, 3.05) is 19.7 Å². The van der Waals surface area contributed by atoms with E-state index < -0.39 is 0 Å². The van der Waals surface area contributed by atoms with Gasteiger partial charge in [-0.25, -0.2) is 4.39 Å². The van der Waals surface area contributed by atoms with Gasteiger partial charge in [0.15, 0.2) is 6.61 Å². The number of likely N-dealkylation sites (tertiary alicyclic amines) is 1. The zero-order valence-corrected chi connectivity index (χ0v) is 18.0. The lowest BCUT2D eigenvalue weighted by Crippen LogP contribution is -2.41. The van der Waals surface area contributed by atoms with Crippen LogP contribution in [0.2, 0.25) is 0 Å². The number of halogens is 1. The molecule has 0 N–H and O–H groups in total. The third kappa shape index (κ3) is 6.30. The quantitative estimate of drug-likeness (QED) is 0.518. The summed E-state index contributed by atoms with van der Waals surface area (Å²) in [6.45, 7) is 1.99. The van der Waals surface area contributed by atoms with E-state index in [9.17, 15) is 9.18 Å². The third-order valence-electron chi connectivity index (χ3n) is 5.73. The smallest absolute Gasteiger partial charge is 0.260 e. The van der Waals surface area contributed by atoms with Gasteiger partial charge in [-0.05, 0) is 72.7 Å². The fourth-order valence-corrected chi connectivity index (χ4v) is 3.86. The Morgan fingerprint density at radius 1 is 0.938 bits per heavy atom. The molecular formula is C26H27FN2O3. The number of pyridine rings is 1. The molecule has 2 heterocycles. The molecule has 0 saturated carbocycles. The number of nitrogens with zero attached hydrogens (tertiary/aromatic N) is 2. The molecule has 4 rings (SSSR count). The zero-order valence-electron chi connectivity index (χ0n) is 18.0. The van der Waals surface area contributed by atoms with Crippen LogP contribution >= 0.6 is 0 Å². The lowest BCUT2D eigenvalue weighted by Gasteiger charge is -2.32. The summed E-state index contributed by atoms with van der Waals surface area (Å²) in [4.78, 5) is 18.3. The number of hydrogen-bond acceptors (Lipinski definition) is 4. The predicted octanol–water partition coefficient (Wildman–Crippen LogP) is 4.66. The van der Waals surface area contributed by atoms with Crippen LogP contribution in [0.1, 0.15) is 24.0 Å². The molecule has 166 valence electrons. The van der Waals surface area contributed by atoms with Gasteiger partial charge in [-0.2, -0.15) is 0 Å². The Balaban J connectivity index is 1.18. The van der Waals surface area contributed by atoms with Gasteiger partial charge >= 0.3 is 0 Å². The third-order valence-corrected chi connectivity index (χ3v) is 5.73. The SMILES string of the molecule is O=C(COc1ccc(F)cc1)N1CCC(Cc2ccc(COc3cccnc3)cc2)CC1. The lowest BCUT2D eigenvalue weighted by molar-refractivity contribution is -0.134. The Morgan fingerprint density at radius 2 is 1.66 bits per heavy atom. The van der Waals surface area contributed by atoms with Crippen molar-refractivity contribution in [2.24, 2.45) is 5.92 Å². The van der Waals surface area contributed by atoms with E-state index in [1.807, 2.05) is 17.0 Å². The van der Waals surface area contributed by atoms with Crippen molar-refractivity contribution in [1.82, 2.24) is 9.88 Å². The summed E-state index contributed by atoms with van der Waals surface area (Å²) in [5.74, 6) is 1.49. The van der Waals surface area contributed by atoms with Crippen LogP contribution in [0.15, 0.2) is 73.1 Å². The second-order valence-corrected chi connectivity index (χ2v) is 8.06. The maximum Gasteiger partial charge on any atom is 0.260 e. The highest BCUT2D eigenvalue weighted by Gasteiger charge is 2.23. The number of piperidine rings is 1. The molecule has 2 aromatic carbocycles. The average Bonchev–Trinajstić information content (AvgIpc) is 2.84. The van der Waals surface area contributed by atoms with Crippen molar-refractivity contribution in [2.45, 2.75) is 25.9 Å². The summed E-state index contributed by atoms with van der Waals surface area (Å²) in [5, 5.41) is 0. The second kappa shape index (κ2) is 10.8. The Labute approximate surface area is 187 Å². The van der Waals surface area contributed by atoms with Gasteiger partial charge in [-0.1, -0.05) is 24.3 Å². The number of carbonyl (C=O) groups is 1. The molecule has 1 saturated heterocycles. The fourth-order valence-electron chi connectivity index (χ4n) is 3.86. The maximum atomic E-state index is 12.9. The van der Waals surface area contributed by atoms with Crippen LogP contribution in [0.3, 0.4) is 0 Å². The Morgan fingerprint density at radius 3 is 2.34 bits per heavy atom. The molecule has 1 aliphatic heterocycles. The van der Waals surface area contributed by atoms with Crippen molar-refractivity contribution in [3.05, 3.63) is 90.0 Å². The molecule has 32 heavy (non-hydrogen) atoms. The summed E-state index contributed by atoms with van der Waals surface area (Å²) in [7, 11) is 0. The van der Waals surface area contributed by atoms with E-state index >= 15 is 0 Å². The van der Waals surface area contributed by atoms with Crippen molar-refractivity contribution in [3.8, 4) is 11.5 Å². The van der Waals surface area contributed by atoms with Gasteiger partial charge in [-0.3, -0.25) is 9.78 Å². The number of amides is 1. The van der Waals surface area contributed by atoms with Crippen LogP contribution in [-0.4, -0.2) is 35.5 Å². The van der Waals surface area contributed by atoms with E-state index in [0.717, 1.165) is 43.7 Å². The number of rotatable bonds is 8. The molecule has 0 atom stereocenters. The van der Waals surface area contributed by atoms with Gasteiger partial charge in [0.05, 0.1) is 6.20 Å². The molecule has 0 spiro atoms. The summed E-state index contributed by atoms with van der Waals surface area (Å²) in [6, 6.07) is 18.0. The van der Waals surface area contributed by atoms with Gasteiger partial charge in [0.25, 0.3) is 5.91 Å². The minimum Gasteiger partial charge on any atom is -0.487 e. The van der Waals surface area contributed by atoms with Crippen LogP contribution in [0.5, 0.6) is 11.5 Å². The summed E-state index contributed by atoms with van der Waals surface area (Å²) < 4.78 is 24.2. The fraction of sp³-hybridized carbons (Fsp3) is 0.308. The molecule has 0 bridgehead atoms. The van der Waals surface area contributed by atoms with Crippen molar-refractivity contribution < 1.29 is 18.7 Å². The molecule has 1 fully saturated rings. The van der Waals surface area contributed by atoms with Crippen LogP contribution < -0.4 is 9.47 Å². The molecule has 1 aliphatic rings. The van der Waals surface area contributed by atoms with Gasteiger partial charge < -0.3 is 14.4 Å². The number of hydrogen-bond donors (Lipinski definition) is 0. The maximum absolute atomic E-state index is 12.9. The average molecular weight is 435 g/mol. The molecule has 6 heteroatoms. The molecule has 0 unspecified atom stereocenters. The van der Waals surface area contributed by atoms with Gasteiger partial charge in [0, 0.05) is 19.3 Å². The van der Waals surface area contributed by atoms with Crippen LogP contribution in [0.4, 0.5) is 4.39 Å². The van der Waals surface area contributed by atoms with E-state index in [1.165, 1.54) is 29.8 Å². The summed E-state index contributed by atoms with van der Waals surface area (Å²) >= 11 is 0. The standard InChI is InChI=1S/C26H27FN2O3/c27-23-7-9-24(10-8-23)32-19-26(30)29-14-11-21(12-15-29)16-20-3-5-22(6-4-20)18-31-25-2-1-13-28-17-25/h1-10,13,17,21H,11-12,14-16,18-19H2. The Kier molecular flexibility index (Phi) is 7.33. The first-order chi connectivity index (χ1) is 15.7. The Bertz CT molecular complexity index is 986. The first-order valence-electron chi connectivity index (χ1n) is 10.9. The first-order valence-corrected chi connectivity index (χ1v) is 10.9. The lowest BCUT2D eigenvalue weighted by atomic mass is 9.90. The molecular weight excluding hydrogens is 407 g/mol. The number of benzene rings is 2. The molecule has 0 radical (unpaired) electrons. The molecule has 0 aliphatic carbocycles. The van der Waals surface area contributed by atoms with Gasteiger partial charge in [0.2, 0.25) is 0 Å². The van der Waals surface area contributed by atoms with E-state index in [1.54, 1.807) is 12.4 Å². The van der Waals surface area contributed by atoms with Crippen LogP contribution in [0.25, 0.3) is 0 Å². The largest absolute Gasteiger partial charge is 0.487 e. The van der Waals surface area contributed by atoms with E-state index in [0.29, 0.717) is 18.3 Å². The van der Waals surface area contributed by atoms with E-state index in [-0.39, 0.29) is 18.3 Å². The van der Waals surface area contributed by atoms with Gasteiger partial charge in [-0.15, -0.1) is 0 Å².